The van der Waals surface area contributed by atoms with E-state index in [0.29, 0.717) is 12.2 Å². The summed E-state index contributed by atoms with van der Waals surface area (Å²) in [4.78, 5) is 0. The van der Waals surface area contributed by atoms with Gasteiger partial charge in [0.2, 0.25) is 0 Å². The highest BCUT2D eigenvalue weighted by Crippen LogP contribution is 2.12. The minimum Gasteiger partial charge on any atom is -0.494 e. The maximum Gasteiger partial charge on any atom is 0.119 e. The quantitative estimate of drug-likeness (QED) is 0.766. The third-order valence-electron chi connectivity index (χ3n) is 3.01. The highest BCUT2D eigenvalue weighted by Gasteiger charge is 1.96. The first-order valence-electron chi connectivity index (χ1n) is 6.88. The van der Waals surface area contributed by atoms with Crippen molar-refractivity contribution >= 4 is 5.69 Å². The van der Waals surface area contributed by atoms with Crippen LogP contribution in [0.3, 0.4) is 0 Å². The Kier molecular flexibility index (Phi) is 5.62. The molecule has 0 aliphatic carbocycles. The molecule has 4 nitrogen and oxygen atoms in total. The minimum atomic E-state index is 0.0529. The van der Waals surface area contributed by atoms with Crippen molar-refractivity contribution in [3.8, 4) is 11.8 Å². The lowest BCUT2D eigenvalue weighted by Crippen LogP contribution is -2.07. The molecule has 0 amide bonds. The van der Waals surface area contributed by atoms with Crippen LogP contribution >= 0.6 is 0 Å². The van der Waals surface area contributed by atoms with Gasteiger partial charge in [-0.15, -0.1) is 0 Å². The Morgan fingerprint density at radius 2 is 1.95 bits per heavy atom. The van der Waals surface area contributed by atoms with Crippen molar-refractivity contribution in [2.45, 2.75) is 13.0 Å². The van der Waals surface area contributed by atoms with Crippen LogP contribution in [0.15, 0.2) is 48.5 Å². The molecule has 0 fully saturated rings. The topological polar surface area (TPSA) is 65.3 Å². The number of benzene rings is 2. The van der Waals surface area contributed by atoms with Gasteiger partial charge in [-0.2, -0.15) is 5.26 Å². The molecule has 0 saturated carbocycles. The van der Waals surface area contributed by atoms with Crippen molar-refractivity contribution in [1.29, 1.82) is 5.26 Å². The molecule has 0 aliphatic heterocycles. The second kappa shape index (κ2) is 7.93. The molecule has 0 saturated heterocycles. The monoisotopic (exact) mass is 282 g/mol. The Bertz CT molecular complexity index is 603. The van der Waals surface area contributed by atoms with E-state index in [1.165, 1.54) is 0 Å². The molecule has 21 heavy (non-hydrogen) atoms. The van der Waals surface area contributed by atoms with E-state index in [1.807, 2.05) is 24.3 Å². The molecule has 2 aromatic carbocycles. The minimum absolute atomic E-state index is 0.0529. The fourth-order valence-electron chi connectivity index (χ4n) is 1.90. The molecule has 0 bridgehead atoms. The average Bonchev–Trinajstić information content (AvgIpc) is 2.55. The summed E-state index contributed by atoms with van der Waals surface area (Å²) >= 11 is 0. The van der Waals surface area contributed by atoms with Gasteiger partial charge in [0.1, 0.15) is 5.75 Å². The molecule has 4 heteroatoms. The van der Waals surface area contributed by atoms with Gasteiger partial charge in [-0.25, -0.2) is 0 Å². The highest BCUT2D eigenvalue weighted by atomic mass is 16.5. The van der Waals surface area contributed by atoms with E-state index < -0.39 is 0 Å². The van der Waals surface area contributed by atoms with Gasteiger partial charge in [0.05, 0.1) is 24.8 Å². The molecule has 0 unspecified atom stereocenters. The molecule has 2 rings (SSSR count). The lowest BCUT2D eigenvalue weighted by Gasteiger charge is -2.09. The largest absolute Gasteiger partial charge is 0.494 e. The van der Waals surface area contributed by atoms with Crippen LogP contribution in [0, 0.1) is 11.3 Å². The Hall–Kier alpha value is -2.51. The van der Waals surface area contributed by atoms with Crippen LogP contribution in [0.4, 0.5) is 5.69 Å². The molecule has 0 aliphatic rings. The maximum absolute atomic E-state index is 9.07. The third kappa shape index (κ3) is 4.83. The molecule has 0 heterocycles. The van der Waals surface area contributed by atoms with Gasteiger partial charge in [-0.05, 0) is 48.4 Å². The first-order chi connectivity index (χ1) is 10.3. The van der Waals surface area contributed by atoms with Crippen LogP contribution in [0.25, 0.3) is 0 Å². The van der Waals surface area contributed by atoms with E-state index >= 15 is 0 Å². The third-order valence-corrected chi connectivity index (χ3v) is 3.01. The normalized spacial score (nSPS) is 9.90. The van der Waals surface area contributed by atoms with Crippen LogP contribution in [0.1, 0.15) is 17.5 Å². The van der Waals surface area contributed by atoms with E-state index in [9.17, 15) is 0 Å². The van der Waals surface area contributed by atoms with Crippen LogP contribution in [0.5, 0.6) is 5.75 Å². The Balaban J connectivity index is 1.68. The van der Waals surface area contributed by atoms with Gasteiger partial charge >= 0.3 is 0 Å². The second-order valence-electron chi connectivity index (χ2n) is 4.62. The van der Waals surface area contributed by atoms with Crippen LogP contribution in [0.2, 0.25) is 0 Å². The molecule has 108 valence electrons. The summed E-state index contributed by atoms with van der Waals surface area (Å²) in [6.07, 6.45) is 0.864. The summed E-state index contributed by atoms with van der Waals surface area (Å²) in [5.41, 5.74) is 2.53. The average molecular weight is 282 g/mol. The van der Waals surface area contributed by atoms with Gasteiger partial charge < -0.3 is 15.2 Å². The smallest absolute Gasteiger partial charge is 0.119 e. The maximum atomic E-state index is 9.07. The summed E-state index contributed by atoms with van der Waals surface area (Å²) < 4.78 is 5.60. The zero-order valence-electron chi connectivity index (χ0n) is 11.7. The Morgan fingerprint density at radius 1 is 1.14 bits per heavy atom. The summed E-state index contributed by atoms with van der Waals surface area (Å²) in [7, 11) is 0. The number of nitrogens with one attached hydrogen (secondary N) is 1. The second-order valence-corrected chi connectivity index (χ2v) is 4.62. The van der Waals surface area contributed by atoms with E-state index in [2.05, 4.69) is 11.4 Å². The SMILES string of the molecule is N#Cc1ccc(OCCCNc2cccc(CO)c2)cc1. The first-order valence-corrected chi connectivity index (χ1v) is 6.88. The van der Waals surface area contributed by atoms with Gasteiger partial charge in [-0.3, -0.25) is 0 Å². The Morgan fingerprint density at radius 3 is 2.67 bits per heavy atom. The standard InChI is InChI=1S/C17H18N2O2/c18-12-14-5-7-17(8-6-14)21-10-2-9-19-16-4-1-3-15(11-16)13-20/h1,3-8,11,19-20H,2,9-10,13H2. The number of ether oxygens (including phenoxy) is 1. The highest BCUT2D eigenvalue weighted by molar-refractivity contribution is 5.45. The van der Waals surface area contributed by atoms with Crippen molar-refractivity contribution in [1.82, 2.24) is 0 Å². The van der Waals surface area contributed by atoms with Crippen molar-refractivity contribution < 1.29 is 9.84 Å². The van der Waals surface area contributed by atoms with Crippen molar-refractivity contribution in [3.63, 3.8) is 0 Å². The number of rotatable bonds is 7. The van der Waals surface area contributed by atoms with Crippen LogP contribution in [-0.2, 0) is 6.61 Å². The number of hydrogen-bond acceptors (Lipinski definition) is 4. The van der Waals surface area contributed by atoms with Gasteiger partial charge in [-0.1, -0.05) is 12.1 Å². The van der Waals surface area contributed by atoms with E-state index in [4.69, 9.17) is 15.1 Å². The molecular formula is C17H18N2O2. The number of aliphatic hydroxyl groups is 1. The zero-order valence-corrected chi connectivity index (χ0v) is 11.7. The van der Waals surface area contributed by atoms with Crippen LogP contribution < -0.4 is 10.1 Å². The zero-order chi connectivity index (χ0) is 14.9. The summed E-state index contributed by atoms with van der Waals surface area (Å²) in [6, 6.07) is 16.9. The lowest BCUT2D eigenvalue weighted by molar-refractivity contribution is 0.282. The first kappa shape index (κ1) is 14.9. The number of nitrogens with zero attached hydrogens (tertiary/aromatic N) is 1. The number of anilines is 1. The van der Waals surface area contributed by atoms with Crippen molar-refractivity contribution in [2.24, 2.45) is 0 Å². The van der Waals surface area contributed by atoms with E-state index in [0.717, 1.165) is 30.0 Å². The molecule has 0 spiro atoms. The van der Waals surface area contributed by atoms with E-state index in [-0.39, 0.29) is 6.61 Å². The van der Waals surface area contributed by atoms with Gasteiger partial charge in [0.25, 0.3) is 0 Å². The van der Waals surface area contributed by atoms with Gasteiger partial charge in [0, 0.05) is 12.2 Å². The van der Waals surface area contributed by atoms with Crippen molar-refractivity contribution in [2.75, 3.05) is 18.5 Å². The Labute approximate surface area is 124 Å². The predicted octanol–water partition coefficient (Wildman–Crippen LogP) is 2.93. The number of aliphatic hydroxyl groups excluding tert-OH is 1. The van der Waals surface area contributed by atoms with Gasteiger partial charge in [0.15, 0.2) is 0 Å². The predicted molar refractivity (Wildman–Crippen MR) is 82.1 cm³/mol. The van der Waals surface area contributed by atoms with E-state index in [1.54, 1.807) is 24.3 Å². The fourth-order valence-corrected chi connectivity index (χ4v) is 1.90. The summed E-state index contributed by atoms with van der Waals surface area (Å²) in [6.45, 7) is 1.46. The summed E-state index contributed by atoms with van der Waals surface area (Å²) in [5.74, 6) is 0.774. The lowest BCUT2D eigenvalue weighted by atomic mass is 10.2. The molecule has 2 aromatic rings. The fraction of sp³-hybridized carbons (Fsp3) is 0.235. The number of hydrogen-bond donors (Lipinski definition) is 2. The molecule has 0 aromatic heterocycles. The molecule has 0 atom stereocenters. The van der Waals surface area contributed by atoms with Crippen LogP contribution in [-0.4, -0.2) is 18.3 Å². The summed E-state index contributed by atoms with van der Waals surface area (Å²) in [5, 5.41) is 21.1. The van der Waals surface area contributed by atoms with Crippen molar-refractivity contribution in [3.05, 3.63) is 59.7 Å². The molecule has 2 N–H and O–H groups in total. The number of nitriles is 1. The molecular weight excluding hydrogens is 264 g/mol. The molecule has 0 radical (unpaired) electrons.